The monoisotopic (exact) mass is 1090 g/mol. The Morgan fingerprint density at radius 2 is 0.932 bits per heavy atom. The predicted octanol–water partition coefficient (Wildman–Crippen LogP) is 7.67. The number of carbonyl (C=O) groups is 1. The molecule has 3 aromatic carbocycles. The number of nitrogens with zero attached hydrogens (tertiary/aromatic N) is 3. The van der Waals surface area contributed by atoms with Crippen molar-refractivity contribution in [3.05, 3.63) is 117 Å². The van der Waals surface area contributed by atoms with Gasteiger partial charge in [-0.2, -0.15) is 0 Å². The third-order valence-electron chi connectivity index (χ3n) is 13.6. The van der Waals surface area contributed by atoms with Crippen LogP contribution in [-0.4, -0.2) is 67.5 Å². The van der Waals surface area contributed by atoms with E-state index in [0.717, 1.165) is 131 Å². The van der Waals surface area contributed by atoms with Gasteiger partial charge in [0.25, 0.3) is 0 Å². The zero-order valence-electron chi connectivity index (χ0n) is 41.1. The molecule has 2 N–H and O–H groups in total. The molecule has 0 amide bonds. The molecule has 6 aliphatic heterocycles. The van der Waals surface area contributed by atoms with Crippen molar-refractivity contribution >= 4 is 71.7 Å². The van der Waals surface area contributed by atoms with Crippen molar-refractivity contribution in [1.82, 2.24) is 0 Å². The topological polar surface area (TPSA) is 192 Å². The van der Waals surface area contributed by atoms with E-state index >= 15 is 0 Å². The maximum atomic E-state index is 12.2. The summed E-state index contributed by atoms with van der Waals surface area (Å²) in [5.41, 5.74) is 13.2. The van der Waals surface area contributed by atoms with Gasteiger partial charge in [0.1, 0.15) is 44.6 Å². The predicted molar refractivity (Wildman–Crippen MR) is 280 cm³/mol. The average Bonchev–Trinajstić information content (AvgIpc) is 3.37. The van der Waals surface area contributed by atoms with Gasteiger partial charge in [0.05, 0.1) is 0 Å². The molecule has 2 atom stereocenters. The Kier molecular flexibility index (Phi) is 17.1. The van der Waals surface area contributed by atoms with Gasteiger partial charge >= 0.3 is 39.4 Å². The van der Waals surface area contributed by atoms with E-state index in [1.54, 1.807) is 26.0 Å². The Morgan fingerprint density at radius 1 is 0.589 bits per heavy atom. The molecular formula is C57H56BrMnN3O11. The van der Waals surface area contributed by atoms with Crippen molar-refractivity contribution in [2.24, 2.45) is 0 Å². The quantitative estimate of drug-likeness (QED) is 0.0856. The Morgan fingerprint density at radius 3 is 1.29 bits per heavy atom. The minimum atomic E-state index is -1.44. The van der Waals surface area contributed by atoms with Crippen LogP contribution in [0.4, 0.5) is 17.1 Å². The summed E-state index contributed by atoms with van der Waals surface area (Å²) in [4.78, 5) is 54.5. The first-order valence-electron chi connectivity index (χ1n) is 24.7. The fourth-order valence-electron chi connectivity index (χ4n) is 10.8. The Labute approximate surface area is 436 Å². The van der Waals surface area contributed by atoms with Crippen LogP contribution >= 0.6 is 15.9 Å². The van der Waals surface area contributed by atoms with Crippen LogP contribution < -0.4 is 31.6 Å². The Bertz CT molecular complexity index is 3530. The zero-order chi connectivity index (χ0) is 51.9. The minimum absolute atomic E-state index is 0.253. The number of ketones is 1. The van der Waals surface area contributed by atoms with E-state index in [2.05, 4.69) is 84.9 Å². The summed E-state index contributed by atoms with van der Waals surface area (Å²) >= 11 is 1.83. The zero-order valence-corrected chi connectivity index (χ0v) is 43.9. The van der Waals surface area contributed by atoms with Crippen LogP contribution in [-0.2, 0) is 65.8 Å². The van der Waals surface area contributed by atoms with E-state index in [1.165, 1.54) is 64.6 Å². The molecule has 6 aliphatic rings. The van der Waals surface area contributed by atoms with E-state index < -0.39 is 38.3 Å². The summed E-state index contributed by atoms with van der Waals surface area (Å²) in [6.07, 6.45) is 16.4. The average molecular weight is 1090 g/mol. The van der Waals surface area contributed by atoms with Crippen molar-refractivity contribution in [3.63, 3.8) is 0 Å². The molecule has 379 valence electrons. The fourth-order valence-corrected chi connectivity index (χ4v) is 11.2. The molecule has 0 spiro atoms. The van der Waals surface area contributed by atoms with Gasteiger partial charge in [0, 0.05) is 96.1 Å². The van der Waals surface area contributed by atoms with E-state index in [-0.39, 0.29) is 17.0 Å². The molecule has 0 fully saturated rings. The molecular weight excluding hydrogens is 1040 g/mol. The molecule has 0 radical (unpaired) electrons. The van der Waals surface area contributed by atoms with Crippen molar-refractivity contribution in [1.29, 1.82) is 0 Å². The van der Waals surface area contributed by atoms with Gasteiger partial charge in [-0.15, -0.1) is 6.42 Å². The van der Waals surface area contributed by atoms with Gasteiger partial charge in [-0.25, -0.2) is 14.4 Å². The standard InChI is InChI=1S/C19H19NO3.C19H17NO3.C15H14BrNO2.C4H6O.Mn.2O/c2*1-12(21)6-7-14-11-15-10-13-4-2-8-20-9-3-5-16(17(13)20)18(15)23-19(14)22;16-12-8-10-7-9-3-1-5-17-6-2-4-11(13(9)17)14(10)19-15(12)18;1-3-4(2)5;;;/h10-12,21H,2-5,8-9H2,1H3;10-11H,2-5,8-9H2,1H3;7-8H,1-6H2;1,4-5H,2H3;;;. The number of benzene rings is 3. The molecule has 12 rings (SSSR count). The van der Waals surface area contributed by atoms with E-state index in [0.29, 0.717) is 21.2 Å². The number of rotatable bonds is 0. The Hall–Kier alpha value is -6.44. The van der Waals surface area contributed by atoms with Crippen molar-refractivity contribution in [2.45, 2.75) is 110 Å². The fraction of sp³-hybridized carbons (Fsp3) is 0.404. The first-order valence-corrected chi connectivity index (χ1v) is 26.5. The van der Waals surface area contributed by atoms with Crippen LogP contribution in [0, 0.1) is 36.0 Å². The number of hydrogen-bond acceptors (Lipinski definition) is 14. The second kappa shape index (κ2) is 23.6. The number of terminal acetylenes is 1. The molecule has 14 nitrogen and oxygen atoms in total. The molecule has 2 unspecified atom stereocenters. The summed E-state index contributed by atoms with van der Waals surface area (Å²) in [6, 6.07) is 11.9. The summed E-state index contributed by atoms with van der Waals surface area (Å²) in [7, 11) is 0. The van der Waals surface area contributed by atoms with Crippen LogP contribution in [0.1, 0.15) is 104 Å². The third kappa shape index (κ3) is 11.8. The van der Waals surface area contributed by atoms with Gasteiger partial charge in [-0.1, -0.05) is 23.7 Å². The number of aryl methyl sites for hydroxylation is 6. The van der Waals surface area contributed by atoms with E-state index in [1.807, 2.05) is 6.07 Å². The van der Waals surface area contributed by atoms with E-state index in [4.69, 9.17) is 26.0 Å². The molecule has 9 heterocycles. The number of aliphatic hydroxyl groups excluding tert-OH is 2. The number of anilines is 3. The van der Waals surface area contributed by atoms with Crippen molar-refractivity contribution in [3.8, 4) is 36.0 Å². The number of fused-ring (bicyclic) bond motifs is 6. The molecule has 0 bridgehead atoms. The number of hydrogen-bond donors (Lipinski definition) is 2. The first kappa shape index (κ1) is 52.9. The molecule has 0 aliphatic carbocycles. The first-order chi connectivity index (χ1) is 35.2. The summed E-state index contributed by atoms with van der Waals surface area (Å²) in [5, 5.41) is 20.3. The van der Waals surface area contributed by atoms with Crippen LogP contribution in [0.2, 0.25) is 0 Å². The molecule has 16 heteroatoms. The summed E-state index contributed by atoms with van der Waals surface area (Å²) in [6.45, 7) is 11.1. The molecule has 6 aromatic rings. The number of halogens is 1. The second-order valence-corrected chi connectivity index (χ2v) is 19.9. The van der Waals surface area contributed by atoms with Crippen LogP contribution in [0.15, 0.2) is 68.5 Å². The maximum absolute atomic E-state index is 12.2. The molecule has 3 aromatic heterocycles. The number of carbonyl (C=O) groups excluding carboxylic acids is 1. The normalized spacial score (nSPS) is 16.1. The van der Waals surface area contributed by atoms with Gasteiger partial charge in [-0.3, -0.25) is 4.79 Å². The SMILES string of the molecule is C#CC(C)O.CC(=O)C#Cc1cc2cc3c4c(c2oc1=O)CCCN4CCC3.CC(O)C#Cc1cc2cc3c4c(c2oc1=O)CCCN4CCC3.O=c1oc2c3c4c(cc2cc1Br)CCCN4CCC3.[O]=[Mn]=[O]. The van der Waals surface area contributed by atoms with Gasteiger partial charge in [0.2, 0.25) is 5.78 Å². The molecule has 0 saturated heterocycles. The van der Waals surface area contributed by atoms with Crippen LogP contribution in [0.5, 0.6) is 0 Å². The van der Waals surface area contributed by atoms with Crippen LogP contribution in [0.3, 0.4) is 0 Å². The molecule has 0 saturated carbocycles. The van der Waals surface area contributed by atoms with Gasteiger partial charge in [0.15, 0.2) is 0 Å². The summed E-state index contributed by atoms with van der Waals surface area (Å²) in [5.74, 6) is 12.2. The Balaban J connectivity index is 0.000000136. The van der Waals surface area contributed by atoms with E-state index in [9.17, 15) is 24.3 Å². The number of Topliss-reactive ketones (excluding diaryl/α,β-unsaturated/α-hetero) is 1. The third-order valence-corrected chi connectivity index (χ3v) is 14.2. The van der Waals surface area contributed by atoms with Crippen molar-refractivity contribution < 1.29 is 50.7 Å². The molecule has 73 heavy (non-hydrogen) atoms. The summed E-state index contributed by atoms with van der Waals surface area (Å²) < 4.78 is 34.1. The van der Waals surface area contributed by atoms with Gasteiger partial charge in [-0.05, 0) is 166 Å². The van der Waals surface area contributed by atoms with Gasteiger partial charge < -0.3 is 38.2 Å². The van der Waals surface area contributed by atoms with Crippen LogP contribution in [0.25, 0.3) is 32.9 Å². The van der Waals surface area contributed by atoms with Crippen molar-refractivity contribution in [2.75, 3.05) is 54.0 Å². The second-order valence-electron chi connectivity index (χ2n) is 18.9. The number of aliphatic hydroxyl groups is 2.